The second-order valence-corrected chi connectivity index (χ2v) is 7.37. The molecule has 0 aliphatic heterocycles. The van der Waals surface area contributed by atoms with E-state index < -0.39 is 10.0 Å². The lowest BCUT2D eigenvalue weighted by Gasteiger charge is -2.13. The lowest BCUT2D eigenvalue weighted by atomic mass is 10.1. The van der Waals surface area contributed by atoms with Crippen LogP contribution in [0.25, 0.3) is 0 Å². The van der Waals surface area contributed by atoms with E-state index in [1.807, 2.05) is 0 Å². The smallest absolute Gasteiger partial charge is 0.262 e. The largest absolute Gasteiger partial charge is 0.496 e. The van der Waals surface area contributed by atoms with Crippen molar-refractivity contribution in [1.82, 2.24) is 0 Å². The van der Waals surface area contributed by atoms with E-state index in [0.717, 1.165) is 5.56 Å². The van der Waals surface area contributed by atoms with Crippen LogP contribution in [0.15, 0.2) is 35.2 Å². The minimum absolute atomic E-state index is 0.182. The lowest BCUT2D eigenvalue weighted by Crippen LogP contribution is -2.14. The molecule has 0 atom stereocenters. The highest BCUT2D eigenvalue weighted by Crippen LogP contribution is 2.28. The summed E-state index contributed by atoms with van der Waals surface area (Å²) in [5.41, 5.74) is 1.63. The number of nitrogens with one attached hydrogen (secondary N) is 1. The summed E-state index contributed by atoms with van der Waals surface area (Å²) < 4.78 is 32.8. The standard InChI is InChI=1S/C15H15Cl2NO3S/c1-9-5-15(10(2)4-14(9)21-3)22(19,20)18-13-7-11(16)6-12(17)8-13/h4-8,18H,1-3H3. The summed E-state index contributed by atoms with van der Waals surface area (Å²) in [6, 6.07) is 7.79. The molecular formula is C15H15Cl2NO3S. The van der Waals surface area contributed by atoms with Gasteiger partial charge in [0.1, 0.15) is 5.75 Å². The molecule has 22 heavy (non-hydrogen) atoms. The van der Waals surface area contributed by atoms with Gasteiger partial charge in [-0.2, -0.15) is 0 Å². The van der Waals surface area contributed by atoms with Crippen LogP contribution in [0.5, 0.6) is 5.75 Å². The predicted octanol–water partition coefficient (Wildman–Crippen LogP) is 4.42. The molecule has 0 bridgehead atoms. The number of benzene rings is 2. The number of hydrogen-bond donors (Lipinski definition) is 1. The molecule has 0 aliphatic carbocycles. The molecule has 0 amide bonds. The third-order valence-corrected chi connectivity index (χ3v) is 5.06. The SMILES string of the molecule is COc1cc(C)c(S(=O)(=O)Nc2cc(Cl)cc(Cl)c2)cc1C. The molecule has 2 aromatic rings. The van der Waals surface area contributed by atoms with Gasteiger partial charge in [-0.25, -0.2) is 8.42 Å². The van der Waals surface area contributed by atoms with Crippen molar-refractivity contribution in [2.45, 2.75) is 18.7 Å². The molecule has 0 saturated carbocycles. The normalized spacial score (nSPS) is 11.3. The Morgan fingerprint density at radius 1 is 0.955 bits per heavy atom. The van der Waals surface area contributed by atoms with Crippen molar-refractivity contribution in [3.63, 3.8) is 0 Å². The van der Waals surface area contributed by atoms with Crippen molar-refractivity contribution >= 4 is 38.9 Å². The first-order chi connectivity index (χ1) is 10.2. The van der Waals surface area contributed by atoms with Gasteiger partial charge >= 0.3 is 0 Å². The maximum Gasteiger partial charge on any atom is 0.262 e. The van der Waals surface area contributed by atoms with Gasteiger partial charge in [0.15, 0.2) is 0 Å². The molecule has 0 radical (unpaired) electrons. The van der Waals surface area contributed by atoms with Gasteiger partial charge in [0, 0.05) is 10.0 Å². The number of ether oxygens (including phenoxy) is 1. The molecule has 2 aromatic carbocycles. The van der Waals surface area contributed by atoms with E-state index in [1.54, 1.807) is 33.1 Å². The zero-order chi connectivity index (χ0) is 16.5. The van der Waals surface area contributed by atoms with Gasteiger partial charge in [0.25, 0.3) is 10.0 Å². The van der Waals surface area contributed by atoms with Crippen LogP contribution in [-0.2, 0) is 10.0 Å². The van der Waals surface area contributed by atoms with E-state index in [2.05, 4.69) is 4.72 Å². The van der Waals surface area contributed by atoms with Gasteiger partial charge in [-0.15, -0.1) is 0 Å². The Balaban J connectivity index is 2.44. The van der Waals surface area contributed by atoms with E-state index in [0.29, 0.717) is 27.0 Å². The Morgan fingerprint density at radius 2 is 1.55 bits per heavy atom. The van der Waals surface area contributed by atoms with Crippen LogP contribution < -0.4 is 9.46 Å². The van der Waals surface area contributed by atoms with Crippen LogP contribution in [0, 0.1) is 13.8 Å². The molecule has 2 rings (SSSR count). The van der Waals surface area contributed by atoms with E-state index >= 15 is 0 Å². The maximum atomic E-state index is 12.6. The quantitative estimate of drug-likeness (QED) is 0.878. The molecule has 0 saturated heterocycles. The summed E-state index contributed by atoms with van der Waals surface area (Å²) in [7, 11) is -2.20. The highest BCUT2D eigenvalue weighted by Gasteiger charge is 2.19. The number of sulfonamides is 1. The average molecular weight is 360 g/mol. The fourth-order valence-corrected chi connectivity index (χ4v) is 3.97. The van der Waals surface area contributed by atoms with E-state index in [4.69, 9.17) is 27.9 Å². The summed E-state index contributed by atoms with van der Waals surface area (Å²) in [5.74, 6) is 0.641. The first-order valence-corrected chi connectivity index (χ1v) is 8.61. The second-order valence-electron chi connectivity index (χ2n) is 4.85. The van der Waals surface area contributed by atoms with Crippen molar-refractivity contribution in [3.05, 3.63) is 51.5 Å². The molecule has 0 heterocycles. The first-order valence-electron chi connectivity index (χ1n) is 6.37. The van der Waals surface area contributed by atoms with E-state index in [1.165, 1.54) is 18.2 Å². The van der Waals surface area contributed by atoms with Crippen LogP contribution >= 0.6 is 23.2 Å². The molecule has 0 spiro atoms. The van der Waals surface area contributed by atoms with Gasteiger partial charge in [-0.1, -0.05) is 23.2 Å². The number of hydrogen-bond acceptors (Lipinski definition) is 3. The Labute approximate surface area is 140 Å². The van der Waals surface area contributed by atoms with Gasteiger partial charge in [-0.05, 0) is 55.3 Å². The van der Waals surface area contributed by atoms with Crippen LogP contribution in [0.1, 0.15) is 11.1 Å². The maximum absolute atomic E-state index is 12.6. The summed E-state index contributed by atoms with van der Waals surface area (Å²) in [6.45, 7) is 3.50. The summed E-state index contributed by atoms with van der Waals surface area (Å²) in [5, 5.41) is 0.709. The topological polar surface area (TPSA) is 55.4 Å². The van der Waals surface area contributed by atoms with Crippen molar-refractivity contribution < 1.29 is 13.2 Å². The average Bonchev–Trinajstić information content (AvgIpc) is 2.38. The number of aryl methyl sites for hydroxylation is 2. The number of halogens is 2. The van der Waals surface area contributed by atoms with Crippen molar-refractivity contribution in [1.29, 1.82) is 0 Å². The number of anilines is 1. The second kappa shape index (κ2) is 6.36. The highest BCUT2D eigenvalue weighted by molar-refractivity contribution is 7.92. The van der Waals surface area contributed by atoms with Gasteiger partial charge in [0.2, 0.25) is 0 Å². The van der Waals surface area contributed by atoms with Crippen LogP contribution in [-0.4, -0.2) is 15.5 Å². The molecule has 118 valence electrons. The minimum Gasteiger partial charge on any atom is -0.496 e. The molecule has 4 nitrogen and oxygen atoms in total. The number of rotatable bonds is 4. The molecule has 0 unspecified atom stereocenters. The van der Waals surface area contributed by atoms with Gasteiger partial charge < -0.3 is 4.74 Å². The Kier molecular flexibility index (Phi) is 4.90. The molecule has 7 heteroatoms. The minimum atomic E-state index is -3.75. The van der Waals surface area contributed by atoms with Crippen LogP contribution in [0.2, 0.25) is 10.0 Å². The molecular weight excluding hydrogens is 345 g/mol. The zero-order valence-electron chi connectivity index (χ0n) is 12.3. The van der Waals surface area contributed by atoms with Crippen LogP contribution in [0.4, 0.5) is 5.69 Å². The van der Waals surface area contributed by atoms with Crippen LogP contribution in [0.3, 0.4) is 0 Å². The van der Waals surface area contributed by atoms with E-state index in [9.17, 15) is 8.42 Å². The third-order valence-electron chi connectivity index (χ3n) is 3.10. The van der Waals surface area contributed by atoms with Gasteiger partial charge in [0.05, 0.1) is 17.7 Å². The van der Waals surface area contributed by atoms with Crippen molar-refractivity contribution in [3.8, 4) is 5.75 Å². The Morgan fingerprint density at radius 3 is 2.09 bits per heavy atom. The Bertz CT molecular complexity index is 800. The zero-order valence-corrected chi connectivity index (χ0v) is 14.6. The monoisotopic (exact) mass is 359 g/mol. The fourth-order valence-electron chi connectivity index (χ4n) is 2.10. The van der Waals surface area contributed by atoms with Crippen molar-refractivity contribution in [2.24, 2.45) is 0 Å². The third kappa shape index (κ3) is 3.66. The van der Waals surface area contributed by atoms with E-state index in [-0.39, 0.29) is 4.90 Å². The van der Waals surface area contributed by atoms with Gasteiger partial charge in [-0.3, -0.25) is 4.72 Å². The molecule has 1 N–H and O–H groups in total. The fraction of sp³-hybridized carbons (Fsp3) is 0.200. The molecule has 0 fully saturated rings. The molecule has 0 aliphatic rings. The predicted molar refractivity (Wildman–Crippen MR) is 89.7 cm³/mol. The van der Waals surface area contributed by atoms with Crippen molar-refractivity contribution in [2.75, 3.05) is 11.8 Å². The first kappa shape index (κ1) is 16.9. The highest BCUT2D eigenvalue weighted by atomic mass is 35.5. The number of methoxy groups -OCH3 is 1. The Hall–Kier alpha value is -1.43. The summed E-state index contributed by atoms with van der Waals surface area (Å²) in [4.78, 5) is 0.182. The molecule has 0 aromatic heterocycles. The lowest BCUT2D eigenvalue weighted by molar-refractivity contribution is 0.411. The summed E-state index contributed by atoms with van der Waals surface area (Å²) >= 11 is 11.8. The summed E-state index contributed by atoms with van der Waals surface area (Å²) in [6.07, 6.45) is 0.